The minimum atomic E-state index is -0.0877. The second kappa shape index (κ2) is 8.85. The maximum Gasteiger partial charge on any atom is 0.315 e. The van der Waals surface area contributed by atoms with Crippen molar-refractivity contribution in [1.29, 1.82) is 0 Å². The van der Waals surface area contributed by atoms with Crippen LogP contribution in [0.1, 0.15) is 30.0 Å². The number of rotatable bonds is 6. The van der Waals surface area contributed by atoms with Gasteiger partial charge in [0, 0.05) is 44.3 Å². The number of aromatic nitrogens is 2. The van der Waals surface area contributed by atoms with Gasteiger partial charge in [-0.15, -0.1) is 11.3 Å². The van der Waals surface area contributed by atoms with Gasteiger partial charge in [0.15, 0.2) is 0 Å². The van der Waals surface area contributed by atoms with Crippen LogP contribution in [0.2, 0.25) is 0 Å². The minimum absolute atomic E-state index is 0.0877. The zero-order chi connectivity index (χ0) is 21.2. The molecule has 3 saturated heterocycles. The average molecular weight is 436 g/mol. The number of carbonyl (C=O) groups is 1. The van der Waals surface area contributed by atoms with E-state index in [1.807, 2.05) is 30.3 Å². The van der Waals surface area contributed by atoms with Crippen LogP contribution in [-0.4, -0.2) is 46.4 Å². The molecule has 2 aromatic heterocycles. The van der Waals surface area contributed by atoms with E-state index in [0.717, 1.165) is 30.8 Å². The predicted molar refractivity (Wildman–Crippen MR) is 124 cm³/mol. The van der Waals surface area contributed by atoms with E-state index in [-0.39, 0.29) is 6.03 Å². The third-order valence-corrected chi connectivity index (χ3v) is 7.63. The lowest BCUT2D eigenvalue weighted by molar-refractivity contribution is 0.0294. The first kappa shape index (κ1) is 20.3. The minimum Gasteiger partial charge on any atom is -0.337 e. The average Bonchev–Trinajstić information content (AvgIpc) is 3.47. The third kappa shape index (κ3) is 4.38. The smallest absolute Gasteiger partial charge is 0.315 e. The Morgan fingerprint density at radius 1 is 1.19 bits per heavy atom. The number of nitrogens with one attached hydrogen (secondary N) is 2. The molecule has 4 unspecified atom stereocenters. The molecule has 31 heavy (non-hydrogen) atoms. The fourth-order valence-corrected chi connectivity index (χ4v) is 5.79. The van der Waals surface area contributed by atoms with Crippen molar-refractivity contribution in [2.45, 2.75) is 31.3 Å². The summed E-state index contributed by atoms with van der Waals surface area (Å²) in [6.45, 7) is 3.43. The van der Waals surface area contributed by atoms with Gasteiger partial charge in [-0.25, -0.2) is 4.79 Å². The van der Waals surface area contributed by atoms with Crippen LogP contribution in [0.3, 0.4) is 0 Å². The van der Waals surface area contributed by atoms with Crippen LogP contribution in [0.15, 0.2) is 53.9 Å². The summed E-state index contributed by atoms with van der Waals surface area (Å²) < 4.78 is 2.08. The Bertz CT molecular complexity index is 1020. The molecule has 0 aliphatic carbocycles. The molecule has 5 heterocycles. The molecule has 6 nitrogen and oxygen atoms in total. The Balaban J connectivity index is 1.16. The van der Waals surface area contributed by atoms with Crippen molar-refractivity contribution in [3.05, 3.63) is 65.2 Å². The first-order valence-electron chi connectivity index (χ1n) is 11.0. The topological polar surface area (TPSA) is 62.2 Å². The van der Waals surface area contributed by atoms with Gasteiger partial charge in [0.1, 0.15) is 5.69 Å². The van der Waals surface area contributed by atoms with Gasteiger partial charge in [0.2, 0.25) is 0 Å². The lowest BCUT2D eigenvalue weighted by atomic mass is 9.74. The van der Waals surface area contributed by atoms with Gasteiger partial charge < -0.3 is 10.6 Å². The summed E-state index contributed by atoms with van der Waals surface area (Å²) in [7, 11) is 2.07. The lowest BCUT2D eigenvalue weighted by Crippen LogP contribution is -2.56. The molecule has 4 atom stereocenters. The second-order valence-corrected chi connectivity index (χ2v) is 9.59. The molecule has 6 rings (SSSR count). The number of aryl methyl sites for hydroxylation is 1. The van der Waals surface area contributed by atoms with Crippen LogP contribution in [0, 0.1) is 5.92 Å². The highest BCUT2D eigenvalue weighted by atomic mass is 32.1. The Morgan fingerprint density at radius 2 is 2.06 bits per heavy atom. The second-order valence-electron chi connectivity index (χ2n) is 8.64. The van der Waals surface area contributed by atoms with Gasteiger partial charge in [-0.3, -0.25) is 9.58 Å². The molecule has 3 aromatic rings. The van der Waals surface area contributed by atoms with Crippen LogP contribution in [0.25, 0.3) is 10.6 Å². The number of nitrogens with zero attached hydrogens (tertiary/aromatic N) is 3. The SMILES string of the molecule is Cn1nc(-c2cccs2)cc1C1CN2CCC1CC2CNC(=O)NCc1ccccc1. The van der Waals surface area contributed by atoms with Crippen molar-refractivity contribution in [3.8, 4) is 10.6 Å². The number of benzene rings is 1. The van der Waals surface area contributed by atoms with E-state index in [2.05, 4.69) is 50.8 Å². The maximum absolute atomic E-state index is 12.3. The molecule has 0 saturated carbocycles. The molecule has 2 bridgehead atoms. The normalized spacial score (nSPS) is 24.8. The van der Waals surface area contributed by atoms with Gasteiger partial charge in [-0.1, -0.05) is 36.4 Å². The van der Waals surface area contributed by atoms with Crippen LogP contribution in [0.5, 0.6) is 0 Å². The predicted octanol–water partition coefficient (Wildman–Crippen LogP) is 3.83. The highest BCUT2D eigenvalue weighted by molar-refractivity contribution is 7.13. The summed E-state index contributed by atoms with van der Waals surface area (Å²) >= 11 is 1.74. The number of fused-ring (bicyclic) bond motifs is 3. The summed E-state index contributed by atoms with van der Waals surface area (Å²) in [5, 5.41) is 12.9. The number of thiophene rings is 1. The van der Waals surface area contributed by atoms with E-state index in [1.165, 1.54) is 17.0 Å². The molecule has 2 amide bonds. The maximum atomic E-state index is 12.3. The number of hydrogen-bond donors (Lipinski definition) is 2. The summed E-state index contributed by atoms with van der Waals surface area (Å²) in [5.74, 6) is 1.17. The van der Waals surface area contributed by atoms with Crippen LogP contribution < -0.4 is 10.6 Å². The quantitative estimate of drug-likeness (QED) is 0.619. The fourth-order valence-electron chi connectivity index (χ4n) is 5.11. The van der Waals surface area contributed by atoms with Crippen molar-refractivity contribution in [3.63, 3.8) is 0 Å². The van der Waals surface area contributed by atoms with E-state index >= 15 is 0 Å². The highest BCUT2D eigenvalue weighted by Gasteiger charge is 2.41. The first-order valence-corrected chi connectivity index (χ1v) is 11.9. The van der Waals surface area contributed by atoms with Crippen molar-refractivity contribution in [2.75, 3.05) is 19.6 Å². The van der Waals surface area contributed by atoms with Gasteiger partial charge >= 0.3 is 6.03 Å². The zero-order valence-corrected chi connectivity index (χ0v) is 18.6. The summed E-state index contributed by atoms with van der Waals surface area (Å²) in [6, 6.07) is 16.8. The Hall–Kier alpha value is -2.64. The largest absolute Gasteiger partial charge is 0.337 e. The Kier molecular flexibility index (Phi) is 5.78. The summed E-state index contributed by atoms with van der Waals surface area (Å²) in [6.07, 6.45) is 2.35. The fraction of sp³-hybridized carbons (Fsp3) is 0.417. The standard InChI is InChI=1S/C24H29N5OS/c1-28-22(13-21(27-28)23-8-5-11-31-23)20-16-29-10-9-18(20)12-19(29)15-26-24(30)25-14-17-6-3-2-4-7-17/h2-8,11,13,18-20H,9-10,12,14-16H2,1H3,(H2,25,26,30). The molecular formula is C24H29N5OS. The summed E-state index contributed by atoms with van der Waals surface area (Å²) in [4.78, 5) is 16.0. The monoisotopic (exact) mass is 435 g/mol. The third-order valence-electron chi connectivity index (χ3n) is 6.74. The number of amides is 2. The Labute approximate surface area is 187 Å². The number of urea groups is 1. The van der Waals surface area contributed by atoms with Crippen molar-refractivity contribution >= 4 is 17.4 Å². The van der Waals surface area contributed by atoms with Crippen LogP contribution in [-0.2, 0) is 13.6 Å². The van der Waals surface area contributed by atoms with E-state index in [0.29, 0.717) is 31.0 Å². The molecule has 0 radical (unpaired) electrons. The van der Waals surface area contributed by atoms with E-state index in [1.54, 1.807) is 11.3 Å². The van der Waals surface area contributed by atoms with Gasteiger partial charge in [0.05, 0.1) is 4.88 Å². The molecule has 162 valence electrons. The number of piperidine rings is 3. The van der Waals surface area contributed by atoms with Crippen molar-refractivity contribution in [2.24, 2.45) is 13.0 Å². The molecule has 3 fully saturated rings. The molecule has 3 aliphatic rings. The number of hydrogen-bond acceptors (Lipinski definition) is 4. The van der Waals surface area contributed by atoms with Crippen LogP contribution in [0.4, 0.5) is 4.79 Å². The lowest BCUT2D eigenvalue weighted by Gasteiger charge is -2.49. The van der Waals surface area contributed by atoms with Crippen LogP contribution >= 0.6 is 11.3 Å². The van der Waals surface area contributed by atoms with Gasteiger partial charge in [-0.05, 0) is 48.4 Å². The molecule has 3 aliphatic heterocycles. The number of carbonyl (C=O) groups excluding carboxylic acids is 1. The van der Waals surface area contributed by atoms with Gasteiger partial charge in [0.25, 0.3) is 0 Å². The highest BCUT2D eigenvalue weighted by Crippen LogP contribution is 2.42. The van der Waals surface area contributed by atoms with E-state index in [9.17, 15) is 4.79 Å². The molecule has 1 aromatic carbocycles. The summed E-state index contributed by atoms with van der Waals surface area (Å²) in [5.41, 5.74) is 3.53. The molecular weight excluding hydrogens is 406 g/mol. The van der Waals surface area contributed by atoms with Crippen molar-refractivity contribution in [1.82, 2.24) is 25.3 Å². The molecule has 7 heteroatoms. The van der Waals surface area contributed by atoms with Crippen molar-refractivity contribution < 1.29 is 4.79 Å². The van der Waals surface area contributed by atoms with E-state index < -0.39 is 0 Å². The first-order chi connectivity index (χ1) is 15.2. The van der Waals surface area contributed by atoms with Gasteiger partial charge in [-0.2, -0.15) is 5.10 Å². The molecule has 0 spiro atoms. The Morgan fingerprint density at radius 3 is 2.81 bits per heavy atom. The zero-order valence-electron chi connectivity index (χ0n) is 17.8. The van der Waals surface area contributed by atoms with E-state index in [4.69, 9.17) is 5.10 Å². The molecule has 2 N–H and O–H groups in total.